The van der Waals surface area contributed by atoms with Gasteiger partial charge in [-0.3, -0.25) is 0 Å². The number of alkyl halides is 1. The van der Waals surface area contributed by atoms with Gasteiger partial charge in [-0.1, -0.05) is 13.3 Å². The van der Waals surface area contributed by atoms with E-state index in [1.165, 1.54) is 12.8 Å². The lowest BCUT2D eigenvalue weighted by Crippen LogP contribution is -2.25. The van der Waals surface area contributed by atoms with Crippen LogP contribution in [0.3, 0.4) is 0 Å². The number of halogens is 1. The molecule has 4 nitrogen and oxygen atoms in total. The Balaban J connectivity index is 2.37. The van der Waals surface area contributed by atoms with Crippen molar-refractivity contribution in [3.63, 3.8) is 0 Å². The van der Waals surface area contributed by atoms with Gasteiger partial charge in [-0.05, 0) is 39.2 Å². The predicted octanol–water partition coefficient (Wildman–Crippen LogP) is 2.99. The van der Waals surface area contributed by atoms with E-state index in [2.05, 4.69) is 36.2 Å². The van der Waals surface area contributed by atoms with Crippen LogP contribution in [-0.2, 0) is 6.54 Å². The normalized spacial score (nSPS) is 13.2. The van der Waals surface area contributed by atoms with E-state index in [1.54, 1.807) is 6.33 Å². The van der Waals surface area contributed by atoms with Crippen LogP contribution in [0.1, 0.15) is 51.9 Å². The maximum atomic E-state index is 5.82. The Morgan fingerprint density at radius 1 is 1.39 bits per heavy atom. The van der Waals surface area contributed by atoms with Gasteiger partial charge in [0.25, 0.3) is 0 Å². The van der Waals surface area contributed by atoms with Crippen molar-refractivity contribution >= 4 is 11.6 Å². The molecule has 0 saturated carbocycles. The second-order valence-corrected chi connectivity index (χ2v) is 5.36. The van der Waals surface area contributed by atoms with Crippen LogP contribution >= 0.6 is 11.6 Å². The van der Waals surface area contributed by atoms with E-state index in [0.29, 0.717) is 12.0 Å². The number of hydrogen-bond donors (Lipinski definition) is 1. The van der Waals surface area contributed by atoms with Gasteiger partial charge in [0.1, 0.15) is 12.2 Å². The van der Waals surface area contributed by atoms with Crippen LogP contribution in [0.5, 0.6) is 0 Å². The second kappa shape index (κ2) is 8.48. The molecule has 0 fully saturated rings. The van der Waals surface area contributed by atoms with Gasteiger partial charge in [0.15, 0.2) is 0 Å². The zero-order valence-corrected chi connectivity index (χ0v) is 12.5. The molecule has 0 saturated heterocycles. The minimum Gasteiger partial charge on any atom is -0.310 e. The summed E-state index contributed by atoms with van der Waals surface area (Å²) in [5.41, 5.74) is 0. The fourth-order valence-corrected chi connectivity index (χ4v) is 2.44. The molecule has 1 heterocycles. The molecule has 1 aromatic rings. The minimum absolute atomic E-state index is 0.360. The van der Waals surface area contributed by atoms with Gasteiger partial charge in [0.2, 0.25) is 0 Å². The summed E-state index contributed by atoms with van der Waals surface area (Å²) >= 11 is 5.82. The molecule has 1 atom stereocenters. The summed E-state index contributed by atoms with van der Waals surface area (Å²) < 4.78 is 1.96. The largest absolute Gasteiger partial charge is 0.310 e. The van der Waals surface area contributed by atoms with Crippen LogP contribution in [0.2, 0.25) is 0 Å². The second-order valence-electron chi connectivity index (χ2n) is 4.98. The first kappa shape index (κ1) is 15.4. The summed E-state index contributed by atoms with van der Waals surface area (Å²) in [4.78, 5) is 4.29. The molecule has 1 unspecified atom stereocenters. The molecule has 0 aliphatic carbocycles. The number of rotatable bonds is 9. The number of nitrogens with one attached hydrogen (secondary N) is 1. The Morgan fingerprint density at radius 3 is 2.78 bits per heavy atom. The van der Waals surface area contributed by atoms with E-state index >= 15 is 0 Å². The Labute approximate surface area is 115 Å². The fraction of sp³-hybridized carbons (Fsp3) is 0.846. The van der Waals surface area contributed by atoms with Crippen molar-refractivity contribution in [3.05, 3.63) is 12.2 Å². The molecule has 0 aromatic carbocycles. The van der Waals surface area contributed by atoms with Gasteiger partial charge >= 0.3 is 0 Å². The molecule has 0 aliphatic rings. The molecule has 1 rings (SSSR count). The predicted molar refractivity (Wildman–Crippen MR) is 75.8 cm³/mol. The minimum atomic E-state index is 0.360. The van der Waals surface area contributed by atoms with Crippen LogP contribution in [-0.4, -0.2) is 27.2 Å². The molecular weight excluding hydrogens is 248 g/mol. The molecule has 0 spiro atoms. The zero-order valence-electron chi connectivity index (χ0n) is 11.7. The first-order valence-electron chi connectivity index (χ1n) is 6.84. The lowest BCUT2D eigenvalue weighted by Gasteiger charge is -2.16. The Morgan fingerprint density at radius 2 is 2.17 bits per heavy atom. The van der Waals surface area contributed by atoms with E-state index < -0.39 is 0 Å². The summed E-state index contributed by atoms with van der Waals surface area (Å²) in [5, 5.41) is 7.70. The van der Waals surface area contributed by atoms with Crippen LogP contribution in [0, 0.1) is 5.92 Å². The SMILES string of the molecule is CCCC(CCCl)CNCc1ncnn1C(C)C. The maximum absolute atomic E-state index is 5.82. The summed E-state index contributed by atoms with van der Waals surface area (Å²) in [5.74, 6) is 2.42. The molecule has 18 heavy (non-hydrogen) atoms. The van der Waals surface area contributed by atoms with E-state index in [0.717, 1.165) is 31.2 Å². The van der Waals surface area contributed by atoms with Gasteiger partial charge in [-0.2, -0.15) is 5.10 Å². The zero-order chi connectivity index (χ0) is 13.4. The van der Waals surface area contributed by atoms with E-state index in [-0.39, 0.29) is 0 Å². The van der Waals surface area contributed by atoms with Gasteiger partial charge < -0.3 is 5.32 Å². The molecule has 1 N–H and O–H groups in total. The van der Waals surface area contributed by atoms with Crippen molar-refractivity contribution in [2.75, 3.05) is 12.4 Å². The monoisotopic (exact) mass is 272 g/mol. The highest BCUT2D eigenvalue weighted by molar-refractivity contribution is 6.17. The average Bonchev–Trinajstić information content (AvgIpc) is 2.78. The highest BCUT2D eigenvalue weighted by Crippen LogP contribution is 2.11. The summed E-state index contributed by atoms with van der Waals surface area (Å²) in [6.45, 7) is 8.24. The molecule has 0 aliphatic heterocycles. The van der Waals surface area contributed by atoms with Gasteiger partial charge in [-0.25, -0.2) is 9.67 Å². The van der Waals surface area contributed by atoms with Gasteiger partial charge in [0, 0.05) is 11.9 Å². The Hall–Kier alpha value is -0.610. The quantitative estimate of drug-likeness (QED) is 0.703. The van der Waals surface area contributed by atoms with Crippen LogP contribution in [0.25, 0.3) is 0 Å². The van der Waals surface area contributed by atoms with Crippen LogP contribution in [0.15, 0.2) is 6.33 Å². The molecule has 104 valence electrons. The standard InChI is InChI=1S/C13H25ClN4/c1-4-5-12(6-7-14)8-15-9-13-16-10-17-18(13)11(2)3/h10-12,15H,4-9H2,1-3H3. The molecular formula is C13H25ClN4. The lowest BCUT2D eigenvalue weighted by molar-refractivity contribution is 0.417. The van der Waals surface area contributed by atoms with Crippen molar-refractivity contribution in [3.8, 4) is 0 Å². The van der Waals surface area contributed by atoms with E-state index in [1.807, 2.05) is 4.68 Å². The van der Waals surface area contributed by atoms with Crippen molar-refractivity contribution in [1.29, 1.82) is 0 Å². The molecule has 5 heteroatoms. The van der Waals surface area contributed by atoms with E-state index in [9.17, 15) is 0 Å². The van der Waals surface area contributed by atoms with Gasteiger partial charge in [0.05, 0.1) is 6.54 Å². The number of hydrogen-bond acceptors (Lipinski definition) is 3. The molecule has 0 radical (unpaired) electrons. The van der Waals surface area contributed by atoms with Crippen LogP contribution in [0.4, 0.5) is 0 Å². The van der Waals surface area contributed by atoms with Crippen molar-refractivity contribution < 1.29 is 0 Å². The first-order chi connectivity index (χ1) is 8.69. The maximum Gasteiger partial charge on any atom is 0.141 e. The summed E-state index contributed by atoms with van der Waals surface area (Å²) in [6, 6.07) is 0.360. The van der Waals surface area contributed by atoms with Crippen molar-refractivity contribution in [2.24, 2.45) is 5.92 Å². The Bertz CT molecular complexity index is 319. The number of aromatic nitrogens is 3. The smallest absolute Gasteiger partial charge is 0.141 e. The van der Waals surface area contributed by atoms with Crippen molar-refractivity contribution in [2.45, 2.75) is 52.6 Å². The first-order valence-corrected chi connectivity index (χ1v) is 7.37. The van der Waals surface area contributed by atoms with Gasteiger partial charge in [-0.15, -0.1) is 11.6 Å². The van der Waals surface area contributed by atoms with Crippen molar-refractivity contribution in [1.82, 2.24) is 20.1 Å². The number of nitrogens with zero attached hydrogens (tertiary/aromatic N) is 3. The third-order valence-corrected chi connectivity index (χ3v) is 3.29. The molecule has 1 aromatic heterocycles. The average molecular weight is 273 g/mol. The fourth-order valence-electron chi connectivity index (χ4n) is 2.13. The topological polar surface area (TPSA) is 42.7 Å². The lowest BCUT2D eigenvalue weighted by atomic mass is 10.0. The summed E-state index contributed by atoms with van der Waals surface area (Å²) in [6.07, 6.45) is 5.15. The molecule has 0 amide bonds. The third-order valence-electron chi connectivity index (χ3n) is 3.07. The van der Waals surface area contributed by atoms with E-state index in [4.69, 9.17) is 11.6 Å². The highest BCUT2D eigenvalue weighted by Gasteiger charge is 2.09. The molecule has 0 bridgehead atoms. The Kier molecular flexibility index (Phi) is 7.28. The van der Waals surface area contributed by atoms with Crippen LogP contribution < -0.4 is 5.32 Å². The summed E-state index contributed by atoms with van der Waals surface area (Å²) in [7, 11) is 0. The highest BCUT2D eigenvalue weighted by atomic mass is 35.5. The third kappa shape index (κ3) is 4.94.